The number of aryl methyl sites for hydroxylation is 1. The molecule has 2 nitrogen and oxygen atoms in total. The van der Waals surface area contributed by atoms with Gasteiger partial charge in [0, 0.05) is 5.56 Å². The van der Waals surface area contributed by atoms with Crippen molar-refractivity contribution >= 4 is 23.2 Å². The molecule has 0 atom stereocenters. The average molecular weight is 253 g/mol. The summed E-state index contributed by atoms with van der Waals surface area (Å²) in [5, 5.41) is 0.881. The minimum absolute atomic E-state index is 0.441. The Morgan fingerprint density at radius 1 is 0.875 bits per heavy atom. The molecule has 0 bridgehead atoms. The van der Waals surface area contributed by atoms with Gasteiger partial charge in [0.15, 0.2) is 0 Å². The van der Waals surface area contributed by atoms with E-state index in [9.17, 15) is 0 Å². The standard InChI is InChI=1S/C12H10Cl2N2/c13-11-10(12(14)16-8-15-11)7-6-9-4-2-1-3-5-9/h1-5,8H,6-7H2. The van der Waals surface area contributed by atoms with Crippen LogP contribution in [0.3, 0.4) is 0 Å². The highest BCUT2D eigenvalue weighted by molar-refractivity contribution is 6.34. The van der Waals surface area contributed by atoms with Gasteiger partial charge in [0.2, 0.25) is 0 Å². The molecule has 0 N–H and O–H groups in total. The van der Waals surface area contributed by atoms with Crippen LogP contribution < -0.4 is 0 Å². The molecule has 0 spiro atoms. The van der Waals surface area contributed by atoms with Gasteiger partial charge in [0.05, 0.1) is 0 Å². The summed E-state index contributed by atoms with van der Waals surface area (Å²) in [7, 11) is 0. The van der Waals surface area contributed by atoms with Crippen molar-refractivity contribution in [1.82, 2.24) is 9.97 Å². The maximum Gasteiger partial charge on any atom is 0.137 e. The molecule has 0 saturated carbocycles. The van der Waals surface area contributed by atoms with Crippen molar-refractivity contribution in [3.63, 3.8) is 0 Å². The average Bonchev–Trinajstić information content (AvgIpc) is 2.30. The molecule has 1 aromatic carbocycles. The predicted molar refractivity (Wildman–Crippen MR) is 65.9 cm³/mol. The van der Waals surface area contributed by atoms with Crippen LogP contribution in [0.1, 0.15) is 11.1 Å². The molecule has 0 aliphatic rings. The Morgan fingerprint density at radius 2 is 1.50 bits per heavy atom. The number of benzene rings is 1. The summed E-state index contributed by atoms with van der Waals surface area (Å²) < 4.78 is 0. The Balaban J connectivity index is 2.11. The van der Waals surface area contributed by atoms with Gasteiger partial charge in [-0.15, -0.1) is 0 Å². The summed E-state index contributed by atoms with van der Waals surface area (Å²) in [5.74, 6) is 0. The fourth-order valence-electron chi connectivity index (χ4n) is 1.49. The molecule has 0 unspecified atom stereocenters. The fraction of sp³-hybridized carbons (Fsp3) is 0.167. The van der Waals surface area contributed by atoms with Crippen molar-refractivity contribution in [2.24, 2.45) is 0 Å². The SMILES string of the molecule is Clc1ncnc(Cl)c1CCc1ccccc1. The lowest BCUT2D eigenvalue weighted by atomic mass is 10.1. The highest BCUT2D eigenvalue weighted by Gasteiger charge is 2.07. The number of hydrogen-bond acceptors (Lipinski definition) is 2. The Kier molecular flexibility index (Phi) is 3.75. The largest absolute Gasteiger partial charge is 0.224 e. The van der Waals surface area contributed by atoms with E-state index in [0.717, 1.165) is 18.4 Å². The van der Waals surface area contributed by atoms with Gasteiger partial charge in [-0.25, -0.2) is 9.97 Å². The molecule has 0 aliphatic carbocycles. The van der Waals surface area contributed by atoms with Crippen molar-refractivity contribution in [3.8, 4) is 0 Å². The summed E-state index contributed by atoms with van der Waals surface area (Å²) in [4.78, 5) is 7.84. The van der Waals surface area contributed by atoms with Crippen molar-refractivity contribution < 1.29 is 0 Å². The van der Waals surface area contributed by atoms with Crippen LogP contribution in [0.15, 0.2) is 36.7 Å². The minimum atomic E-state index is 0.441. The molecule has 0 saturated heterocycles. The minimum Gasteiger partial charge on any atom is -0.224 e. The quantitative estimate of drug-likeness (QED) is 0.781. The molecule has 16 heavy (non-hydrogen) atoms. The first-order valence-corrected chi connectivity index (χ1v) is 5.72. The first-order valence-electron chi connectivity index (χ1n) is 4.96. The van der Waals surface area contributed by atoms with E-state index in [2.05, 4.69) is 22.1 Å². The highest BCUT2D eigenvalue weighted by Crippen LogP contribution is 2.21. The lowest BCUT2D eigenvalue weighted by Crippen LogP contribution is -1.96. The molecule has 2 rings (SSSR count). The second kappa shape index (κ2) is 5.28. The number of halogens is 2. The van der Waals surface area contributed by atoms with Crippen LogP contribution >= 0.6 is 23.2 Å². The molecule has 4 heteroatoms. The van der Waals surface area contributed by atoms with Gasteiger partial charge in [-0.2, -0.15) is 0 Å². The lowest BCUT2D eigenvalue weighted by Gasteiger charge is -2.04. The first-order chi connectivity index (χ1) is 7.77. The lowest BCUT2D eigenvalue weighted by molar-refractivity contribution is 0.933. The van der Waals surface area contributed by atoms with Crippen molar-refractivity contribution in [2.45, 2.75) is 12.8 Å². The summed E-state index contributed by atoms with van der Waals surface area (Å²) in [6.07, 6.45) is 3.01. The molecule has 0 aliphatic heterocycles. The van der Waals surface area contributed by atoms with Crippen LogP contribution in [0, 0.1) is 0 Å². The summed E-state index contributed by atoms with van der Waals surface area (Å²) >= 11 is 11.9. The van der Waals surface area contributed by atoms with E-state index in [-0.39, 0.29) is 0 Å². The van der Waals surface area contributed by atoms with Gasteiger partial charge in [0.25, 0.3) is 0 Å². The van der Waals surface area contributed by atoms with Crippen LogP contribution in [0.25, 0.3) is 0 Å². The number of nitrogens with zero attached hydrogens (tertiary/aromatic N) is 2. The fourth-order valence-corrected chi connectivity index (χ4v) is 2.00. The zero-order valence-corrected chi connectivity index (χ0v) is 10.0. The smallest absolute Gasteiger partial charge is 0.137 e. The van der Waals surface area contributed by atoms with Gasteiger partial charge < -0.3 is 0 Å². The van der Waals surface area contributed by atoms with Crippen LogP contribution in [-0.4, -0.2) is 9.97 Å². The molecule has 0 radical (unpaired) electrons. The number of rotatable bonds is 3. The number of aromatic nitrogens is 2. The monoisotopic (exact) mass is 252 g/mol. The van der Waals surface area contributed by atoms with Crippen LogP contribution in [0.4, 0.5) is 0 Å². The third-order valence-corrected chi connectivity index (χ3v) is 3.00. The van der Waals surface area contributed by atoms with Gasteiger partial charge in [0.1, 0.15) is 16.6 Å². The molecule has 0 fully saturated rings. The molecule has 1 aromatic heterocycles. The molecule has 1 heterocycles. The maximum atomic E-state index is 5.96. The Morgan fingerprint density at radius 3 is 2.12 bits per heavy atom. The van der Waals surface area contributed by atoms with E-state index in [0.29, 0.717) is 10.3 Å². The van der Waals surface area contributed by atoms with E-state index < -0.39 is 0 Å². The maximum absolute atomic E-state index is 5.96. The van der Waals surface area contributed by atoms with Crippen LogP contribution in [0.5, 0.6) is 0 Å². The first kappa shape index (κ1) is 11.4. The Labute approximate surface area is 104 Å². The molecule has 0 amide bonds. The van der Waals surface area contributed by atoms with E-state index in [4.69, 9.17) is 23.2 Å². The van der Waals surface area contributed by atoms with Gasteiger partial charge in [-0.05, 0) is 18.4 Å². The number of hydrogen-bond donors (Lipinski definition) is 0. The second-order valence-electron chi connectivity index (χ2n) is 3.42. The van der Waals surface area contributed by atoms with Gasteiger partial charge in [-0.1, -0.05) is 53.5 Å². The second-order valence-corrected chi connectivity index (χ2v) is 4.14. The Bertz CT molecular complexity index is 451. The van der Waals surface area contributed by atoms with Crippen molar-refractivity contribution in [1.29, 1.82) is 0 Å². The van der Waals surface area contributed by atoms with E-state index in [1.807, 2.05) is 18.2 Å². The summed E-state index contributed by atoms with van der Waals surface area (Å²) in [5.41, 5.74) is 2.06. The molecular formula is C12H10Cl2N2. The normalized spacial score (nSPS) is 10.4. The van der Waals surface area contributed by atoms with Crippen LogP contribution in [0.2, 0.25) is 10.3 Å². The van der Waals surface area contributed by atoms with Gasteiger partial charge in [-0.3, -0.25) is 0 Å². The molecular weight excluding hydrogens is 243 g/mol. The van der Waals surface area contributed by atoms with Crippen molar-refractivity contribution in [2.75, 3.05) is 0 Å². The summed E-state index contributed by atoms with van der Waals surface area (Å²) in [6.45, 7) is 0. The van der Waals surface area contributed by atoms with E-state index >= 15 is 0 Å². The zero-order valence-electron chi connectivity index (χ0n) is 8.53. The molecule has 2 aromatic rings. The van der Waals surface area contributed by atoms with E-state index in [1.165, 1.54) is 11.9 Å². The zero-order chi connectivity index (χ0) is 11.4. The van der Waals surface area contributed by atoms with Crippen molar-refractivity contribution in [3.05, 3.63) is 58.1 Å². The summed E-state index contributed by atoms with van der Waals surface area (Å²) in [6, 6.07) is 10.2. The predicted octanol–water partition coefficient (Wildman–Crippen LogP) is 3.57. The van der Waals surface area contributed by atoms with E-state index in [1.54, 1.807) is 0 Å². The third kappa shape index (κ3) is 2.71. The van der Waals surface area contributed by atoms with Gasteiger partial charge >= 0.3 is 0 Å². The third-order valence-electron chi connectivity index (χ3n) is 2.35. The highest BCUT2D eigenvalue weighted by atomic mass is 35.5. The van der Waals surface area contributed by atoms with Crippen LogP contribution in [-0.2, 0) is 12.8 Å². The molecule has 82 valence electrons. The Hall–Kier alpha value is -1.12. The topological polar surface area (TPSA) is 25.8 Å².